The van der Waals surface area contributed by atoms with E-state index in [1.165, 1.54) is 11.1 Å². The third-order valence-corrected chi connectivity index (χ3v) is 6.01. The third-order valence-electron chi connectivity index (χ3n) is 6.01. The molecule has 1 aliphatic carbocycles. The van der Waals surface area contributed by atoms with E-state index in [1.807, 2.05) is 24.3 Å². The SMILES string of the molecule is CC(C)(C)OC(=O)NC(=NCC1C=CC=C(CNCC(c2ccccc2)c2ccccc2)C=C1)NC(=O)OC(C)(C)C. The van der Waals surface area contributed by atoms with Gasteiger partial charge in [0.05, 0.1) is 6.54 Å². The average Bonchev–Trinajstić information content (AvgIpc) is 3.14. The quantitative estimate of drug-likeness (QED) is 0.248. The lowest BCUT2D eigenvalue weighted by molar-refractivity contribution is 0.0545. The van der Waals surface area contributed by atoms with Crippen LogP contribution in [-0.2, 0) is 9.47 Å². The molecule has 1 unspecified atom stereocenters. The molecule has 2 amide bonds. The van der Waals surface area contributed by atoms with Crippen LogP contribution in [0.15, 0.2) is 102 Å². The molecule has 8 nitrogen and oxygen atoms in total. The van der Waals surface area contributed by atoms with E-state index in [2.05, 4.69) is 87.7 Å². The number of ether oxygens (including phenoxy) is 2. The lowest BCUT2D eigenvalue weighted by atomic mass is 9.91. The second-order valence-corrected chi connectivity index (χ2v) is 12.1. The molecule has 3 N–H and O–H groups in total. The Morgan fingerprint density at radius 2 is 1.33 bits per heavy atom. The first-order chi connectivity index (χ1) is 19.9. The Labute approximate surface area is 250 Å². The number of benzene rings is 2. The molecule has 1 aliphatic rings. The molecule has 0 aromatic heterocycles. The zero-order valence-electron chi connectivity index (χ0n) is 25.5. The molecule has 0 spiro atoms. The normalized spacial score (nSPS) is 14.9. The molecule has 2 aromatic carbocycles. The van der Waals surface area contributed by atoms with Crippen LogP contribution in [0, 0.1) is 5.92 Å². The van der Waals surface area contributed by atoms with E-state index in [-0.39, 0.29) is 17.8 Å². The van der Waals surface area contributed by atoms with Gasteiger partial charge in [0.25, 0.3) is 0 Å². The van der Waals surface area contributed by atoms with Gasteiger partial charge < -0.3 is 14.8 Å². The first kappa shape index (κ1) is 32.3. The van der Waals surface area contributed by atoms with Gasteiger partial charge in [0.2, 0.25) is 5.96 Å². The highest BCUT2D eigenvalue weighted by molar-refractivity contribution is 6.01. The van der Waals surface area contributed by atoms with Crippen LogP contribution >= 0.6 is 0 Å². The zero-order valence-corrected chi connectivity index (χ0v) is 25.5. The van der Waals surface area contributed by atoms with Crippen molar-refractivity contribution in [3.05, 3.63) is 108 Å². The third kappa shape index (κ3) is 12.1. The Morgan fingerprint density at radius 1 is 0.810 bits per heavy atom. The van der Waals surface area contributed by atoms with Crippen LogP contribution in [0.3, 0.4) is 0 Å². The topological polar surface area (TPSA) is 101 Å². The molecule has 0 fully saturated rings. The number of rotatable bonds is 8. The average molecular weight is 573 g/mol. The summed E-state index contributed by atoms with van der Waals surface area (Å²) in [6.07, 6.45) is 8.81. The monoisotopic (exact) mass is 572 g/mol. The number of hydrogen-bond donors (Lipinski definition) is 3. The Hall–Kier alpha value is -4.17. The molecular formula is C34H44N4O4. The molecule has 0 heterocycles. The number of carbonyl (C=O) groups is 2. The highest BCUT2D eigenvalue weighted by Crippen LogP contribution is 2.24. The summed E-state index contributed by atoms with van der Waals surface area (Å²) in [5.41, 5.74) is 2.28. The summed E-state index contributed by atoms with van der Waals surface area (Å²) in [6, 6.07) is 21.1. The first-order valence-electron chi connectivity index (χ1n) is 14.3. The van der Waals surface area contributed by atoms with Gasteiger partial charge in [-0.05, 0) is 58.2 Å². The number of hydrogen-bond acceptors (Lipinski definition) is 6. The van der Waals surface area contributed by atoms with Crippen LogP contribution in [0.2, 0.25) is 0 Å². The van der Waals surface area contributed by atoms with E-state index < -0.39 is 23.4 Å². The van der Waals surface area contributed by atoms with E-state index in [0.717, 1.165) is 12.1 Å². The summed E-state index contributed by atoms with van der Waals surface area (Å²) in [6.45, 7) is 12.4. The fourth-order valence-electron chi connectivity index (χ4n) is 4.20. The zero-order chi connectivity index (χ0) is 30.6. The van der Waals surface area contributed by atoms with Crippen LogP contribution in [0.4, 0.5) is 9.59 Å². The Morgan fingerprint density at radius 3 is 1.83 bits per heavy atom. The largest absolute Gasteiger partial charge is 0.444 e. The lowest BCUT2D eigenvalue weighted by Gasteiger charge is -2.22. The maximum absolute atomic E-state index is 12.4. The van der Waals surface area contributed by atoms with Crippen LogP contribution in [0.1, 0.15) is 58.6 Å². The van der Waals surface area contributed by atoms with E-state index >= 15 is 0 Å². The van der Waals surface area contributed by atoms with Crippen molar-refractivity contribution in [2.24, 2.45) is 10.9 Å². The van der Waals surface area contributed by atoms with Gasteiger partial charge in [-0.2, -0.15) is 0 Å². The van der Waals surface area contributed by atoms with Crippen molar-refractivity contribution in [2.75, 3.05) is 19.6 Å². The predicted octanol–water partition coefficient (Wildman–Crippen LogP) is 6.48. The fourth-order valence-corrected chi connectivity index (χ4v) is 4.20. The van der Waals surface area contributed by atoms with Gasteiger partial charge in [0.15, 0.2) is 0 Å². The summed E-state index contributed by atoms with van der Waals surface area (Å²) in [4.78, 5) is 29.2. The number of allylic oxidation sites excluding steroid dienone is 2. The summed E-state index contributed by atoms with van der Waals surface area (Å²) in [5, 5.41) is 8.67. The van der Waals surface area contributed by atoms with Gasteiger partial charge in [-0.25, -0.2) is 9.59 Å². The van der Waals surface area contributed by atoms with Crippen molar-refractivity contribution in [3.63, 3.8) is 0 Å². The molecule has 224 valence electrons. The highest BCUT2D eigenvalue weighted by atomic mass is 16.6. The molecular weight excluding hydrogens is 528 g/mol. The van der Waals surface area contributed by atoms with Crippen molar-refractivity contribution >= 4 is 18.1 Å². The van der Waals surface area contributed by atoms with Crippen molar-refractivity contribution in [2.45, 2.75) is 58.7 Å². The van der Waals surface area contributed by atoms with E-state index in [0.29, 0.717) is 13.1 Å². The maximum atomic E-state index is 12.4. The fraction of sp³-hybridized carbons (Fsp3) is 0.382. The number of nitrogens with zero attached hydrogens (tertiary/aromatic N) is 1. The molecule has 0 aliphatic heterocycles. The van der Waals surface area contributed by atoms with Crippen molar-refractivity contribution in [1.82, 2.24) is 16.0 Å². The van der Waals surface area contributed by atoms with Crippen LogP contribution in [0.25, 0.3) is 0 Å². The summed E-state index contributed by atoms with van der Waals surface area (Å²) in [5.74, 6) is 0.164. The van der Waals surface area contributed by atoms with E-state index in [4.69, 9.17) is 9.47 Å². The van der Waals surface area contributed by atoms with Crippen molar-refractivity contribution in [3.8, 4) is 0 Å². The number of amides is 2. The minimum atomic E-state index is -0.719. The van der Waals surface area contributed by atoms with Gasteiger partial charge in [0.1, 0.15) is 11.2 Å². The van der Waals surface area contributed by atoms with Crippen molar-refractivity contribution < 1.29 is 19.1 Å². The molecule has 0 saturated carbocycles. The Balaban J connectivity index is 1.61. The predicted molar refractivity (Wildman–Crippen MR) is 168 cm³/mol. The molecule has 0 radical (unpaired) electrons. The van der Waals surface area contributed by atoms with Crippen molar-refractivity contribution in [1.29, 1.82) is 0 Å². The number of guanidine groups is 1. The highest BCUT2D eigenvalue weighted by Gasteiger charge is 2.21. The van der Waals surface area contributed by atoms with Crippen LogP contribution in [-0.4, -0.2) is 49.0 Å². The molecule has 8 heteroatoms. The summed E-state index contributed by atoms with van der Waals surface area (Å²) in [7, 11) is 0. The van der Waals surface area contributed by atoms with Gasteiger partial charge >= 0.3 is 12.2 Å². The molecule has 1 atom stereocenters. The summed E-state index contributed by atoms with van der Waals surface area (Å²) < 4.78 is 10.6. The van der Waals surface area contributed by atoms with Gasteiger partial charge in [-0.1, -0.05) is 91.0 Å². The Kier molecular flexibility index (Phi) is 11.7. The van der Waals surface area contributed by atoms with E-state index in [9.17, 15) is 9.59 Å². The minimum absolute atomic E-state index is 0.0349. The van der Waals surface area contributed by atoms with Crippen LogP contribution < -0.4 is 16.0 Å². The van der Waals surface area contributed by atoms with Gasteiger partial charge in [-0.15, -0.1) is 0 Å². The number of nitrogens with one attached hydrogen (secondary N) is 3. The number of carbonyl (C=O) groups excluding carboxylic acids is 2. The van der Waals surface area contributed by atoms with Gasteiger partial charge in [-0.3, -0.25) is 15.6 Å². The molecule has 42 heavy (non-hydrogen) atoms. The molecule has 0 saturated heterocycles. The van der Waals surface area contributed by atoms with Gasteiger partial charge in [0, 0.05) is 24.9 Å². The second kappa shape index (κ2) is 15.2. The Bertz CT molecular complexity index is 1210. The smallest absolute Gasteiger partial charge is 0.414 e. The standard InChI is InChI=1S/C34H44N4O4/c1-33(2,3)41-31(39)37-30(38-32(40)42-34(4,5)6)36-23-26-15-13-14-25(20-21-26)22-35-24-29(27-16-9-7-10-17-27)28-18-11-8-12-19-28/h7-21,26,29,35H,22-24H2,1-6H3,(H2,36,37,38,39,40). The molecule has 0 bridgehead atoms. The maximum Gasteiger partial charge on any atom is 0.414 e. The summed E-state index contributed by atoms with van der Waals surface area (Å²) >= 11 is 0. The minimum Gasteiger partial charge on any atom is -0.444 e. The number of alkyl carbamates (subject to hydrolysis) is 2. The molecule has 2 aromatic rings. The van der Waals surface area contributed by atoms with E-state index in [1.54, 1.807) is 41.5 Å². The number of aliphatic imine (C=N–C) groups is 1. The van der Waals surface area contributed by atoms with Crippen LogP contribution in [0.5, 0.6) is 0 Å². The molecule has 3 rings (SSSR count). The second-order valence-electron chi connectivity index (χ2n) is 12.1. The lowest BCUT2D eigenvalue weighted by Crippen LogP contribution is -2.47. The first-order valence-corrected chi connectivity index (χ1v) is 14.3.